The van der Waals surface area contributed by atoms with E-state index in [9.17, 15) is 14.4 Å². The minimum atomic E-state index is -0.910. The van der Waals surface area contributed by atoms with Crippen LogP contribution in [0, 0.1) is 0 Å². The maximum Gasteiger partial charge on any atom is 0.340 e. The summed E-state index contributed by atoms with van der Waals surface area (Å²) in [4.78, 5) is 35.4. The van der Waals surface area contributed by atoms with Crippen LogP contribution in [0.25, 0.3) is 0 Å². The Morgan fingerprint density at radius 2 is 1.74 bits per heavy atom. The Morgan fingerprint density at radius 3 is 2.35 bits per heavy atom. The van der Waals surface area contributed by atoms with Crippen molar-refractivity contribution < 1.29 is 28.6 Å². The van der Waals surface area contributed by atoms with Gasteiger partial charge in [0, 0.05) is 14.2 Å². The van der Waals surface area contributed by atoms with Crippen molar-refractivity contribution in [2.45, 2.75) is 13.2 Å². The fourth-order valence-corrected chi connectivity index (χ4v) is 1.68. The highest BCUT2D eigenvalue weighted by Gasteiger charge is 2.19. The van der Waals surface area contributed by atoms with Crippen molar-refractivity contribution in [3.63, 3.8) is 0 Å². The molecule has 8 heteroatoms. The van der Waals surface area contributed by atoms with Crippen molar-refractivity contribution in [1.82, 2.24) is 5.32 Å². The molecule has 0 radical (unpaired) electrons. The van der Waals surface area contributed by atoms with Crippen molar-refractivity contribution in [3.05, 3.63) is 29.8 Å². The van der Waals surface area contributed by atoms with Gasteiger partial charge in [0.2, 0.25) is 0 Å². The van der Waals surface area contributed by atoms with Gasteiger partial charge in [0.15, 0.2) is 6.29 Å². The zero-order valence-corrected chi connectivity index (χ0v) is 13.3. The number of rotatable bonds is 7. The van der Waals surface area contributed by atoms with Gasteiger partial charge in [-0.2, -0.15) is 0 Å². The molecule has 0 spiro atoms. The average Bonchev–Trinajstić information content (AvgIpc) is 2.56. The Kier molecular flexibility index (Phi) is 7.72. The summed E-state index contributed by atoms with van der Waals surface area (Å²) in [7, 11) is 2.83. The maximum absolute atomic E-state index is 11.9. The second kappa shape index (κ2) is 9.54. The van der Waals surface area contributed by atoms with Crippen LogP contribution in [0.3, 0.4) is 0 Å². The lowest BCUT2D eigenvalue weighted by Gasteiger charge is -2.14. The molecule has 1 aromatic rings. The van der Waals surface area contributed by atoms with Gasteiger partial charge in [0.1, 0.15) is 0 Å². The summed E-state index contributed by atoms with van der Waals surface area (Å²) in [6.45, 7) is 1.89. The Balaban J connectivity index is 2.70. The molecule has 0 aromatic heterocycles. The minimum Gasteiger partial charge on any atom is -0.462 e. The van der Waals surface area contributed by atoms with E-state index in [-0.39, 0.29) is 24.4 Å². The molecular formula is C15H20N2O6. The van der Waals surface area contributed by atoms with Crippen LogP contribution in [0.15, 0.2) is 24.3 Å². The molecule has 0 fully saturated rings. The molecule has 0 aliphatic rings. The molecular weight excluding hydrogens is 304 g/mol. The number of ether oxygens (including phenoxy) is 3. The largest absolute Gasteiger partial charge is 0.462 e. The lowest BCUT2D eigenvalue weighted by atomic mass is 10.2. The number of anilines is 1. The Morgan fingerprint density at radius 1 is 1.09 bits per heavy atom. The summed E-state index contributed by atoms with van der Waals surface area (Å²) in [6.07, 6.45) is -0.654. The average molecular weight is 324 g/mol. The number of carbonyl (C=O) groups excluding carboxylic acids is 3. The van der Waals surface area contributed by atoms with Crippen molar-refractivity contribution in [1.29, 1.82) is 0 Å². The van der Waals surface area contributed by atoms with Gasteiger partial charge in [-0.15, -0.1) is 0 Å². The maximum atomic E-state index is 11.9. The Hall–Kier alpha value is -2.45. The van der Waals surface area contributed by atoms with E-state index in [0.29, 0.717) is 0 Å². The van der Waals surface area contributed by atoms with Gasteiger partial charge in [-0.1, -0.05) is 12.1 Å². The monoisotopic (exact) mass is 324 g/mol. The number of carbonyl (C=O) groups is 3. The molecule has 126 valence electrons. The predicted octanol–water partition coefficient (Wildman–Crippen LogP) is 0.537. The molecule has 1 aromatic carbocycles. The first-order chi connectivity index (χ1) is 11.0. The van der Waals surface area contributed by atoms with Crippen LogP contribution in [-0.2, 0) is 23.8 Å². The van der Waals surface area contributed by atoms with Crippen LogP contribution in [0.4, 0.5) is 5.69 Å². The van der Waals surface area contributed by atoms with E-state index in [1.54, 1.807) is 19.1 Å². The number of hydrogen-bond donors (Lipinski definition) is 2. The molecule has 0 saturated heterocycles. The summed E-state index contributed by atoms with van der Waals surface area (Å²) in [5.41, 5.74) is 0.364. The van der Waals surface area contributed by atoms with Crippen molar-refractivity contribution in [2.24, 2.45) is 0 Å². The molecule has 1 rings (SSSR count). The molecule has 8 nitrogen and oxygen atoms in total. The van der Waals surface area contributed by atoms with Crippen molar-refractivity contribution >= 4 is 23.5 Å². The van der Waals surface area contributed by atoms with Crippen LogP contribution in [-0.4, -0.2) is 51.4 Å². The molecule has 0 heterocycles. The summed E-state index contributed by atoms with van der Waals surface area (Å²) in [6, 6.07) is 6.26. The number of benzene rings is 1. The van der Waals surface area contributed by atoms with E-state index in [4.69, 9.17) is 14.2 Å². The van der Waals surface area contributed by atoms with Crippen LogP contribution in [0.2, 0.25) is 0 Å². The molecule has 0 aliphatic carbocycles. The standard InChI is InChI=1S/C15H20N2O6/c1-4-23-15(20)10-7-5-6-8-11(10)17-14(19)13(18)16-9-12(21-2)22-3/h5-8,12H,4,9H2,1-3H3,(H,16,18)(H,17,19). The van der Waals surface area contributed by atoms with E-state index < -0.39 is 24.1 Å². The van der Waals surface area contributed by atoms with Crippen molar-refractivity contribution in [3.8, 4) is 0 Å². The molecule has 0 saturated carbocycles. The lowest BCUT2D eigenvalue weighted by Crippen LogP contribution is -2.40. The zero-order valence-electron chi connectivity index (χ0n) is 13.3. The first-order valence-electron chi connectivity index (χ1n) is 6.94. The van der Waals surface area contributed by atoms with E-state index in [0.717, 1.165) is 0 Å². The quantitative estimate of drug-likeness (QED) is 0.431. The van der Waals surface area contributed by atoms with Crippen molar-refractivity contribution in [2.75, 3.05) is 32.7 Å². The number of para-hydroxylation sites is 1. The van der Waals surface area contributed by atoms with Crippen LogP contribution in [0.1, 0.15) is 17.3 Å². The highest BCUT2D eigenvalue weighted by atomic mass is 16.7. The minimum absolute atomic E-state index is 0.0127. The number of nitrogens with one attached hydrogen (secondary N) is 2. The predicted molar refractivity (Wildman–Crippen MR) is 81.8 cm³/mol. The highest BCUT2D eigenvalue weighted by Crippen LogP contribution is 2.16. The topological polar surface area (TPSA) is 103 Å². The second-order valence-corrected chi connectivity index (χ2v) is 4.33. The SMILES string of the molecule is CCOC(=O)c1ccccc1NC(=O)C(=O)NCC(OC)OC. The molecule has 0 atom stereocenters. The van der Waals surface area contributed by atoms with Gasteiger partial charge in [-0.25, -0.2) is 4.79 Å². The molecule has 23 heavy (non-hydrogen) atoms. The van der Waals surface area contributed by atoms with E-state index in [2.05, 4.69) is 10.6 Å². The molecule has 2 amide bonds. The van der Waals surface area contributed by atoms with Gasteiger partial charge >= 0.3 is 17.8 Å². The third-order valence-electron chi connectivity index (χ3n) is 2.83. The van der Waals surface area contributed by atoms with Gasteiger partial charge < -0.3 is 24.8 Å². The number of hydrogen-bond acceptors (Lipinski definition) is 6. The second-order valence-electron chi connectivity index (χ2n) is 4.33. The van der Waals surface area contributed by atoms with Crippen LogP contribution < -0.4 is 10.6 Å². The van der Waals surface area contributed by atoms with Gasteiger partial charge in [0.25, 0.3) is 0 Å². The number of esters is 1. The molecule has 0 aliphatic heterocycles. The van der Waals surface area contributed by atoms with Gasteiger partial charge in [-0.05, 0) is 19.1 Å². The third kappa shape index (κ3) is 5.68. The zero-order chi connectivity index (χ0) is 17.2. The summed E-state index contributed by atoms with van der Waals surface area (Å²) < 4.78 is 14.7. The number of methoxy groups -OCH3 is 2. The Labute approximate surface area is 134 Å². The third-order valence-corrected chi connectivity index (χ3v) is 2.83. The molecule has 0 unspecified atom stereocenters. The fraction of sp³-hybridized carbons (Fsp3) is 0.400. The van der Waals surface area contributed by atoms with Crippen LogP contribution >= 0.6 is 0 Å². The van der Waals surface area contributed by atoms with E-state index >= 15 is 0 Å². The van der Waals surface area contributed by atoms with E-state index in [1.165, 1.54) is 26.4 Å². The fourth-order valence-electron chi connectivity index (χ4n) is 1.68. The summed E-state index contributed by atoms with van der Waals surface area (Å²) >= 11 is 0. The normalized spacial score (nSPS) is 10.3. The van der Waals surface area contributed by atoms with Gasteiger partial charge in [0.05, 0.1) is 24.4 Å². The summed E-state index contributed by atoms with van der Waals surface area (Å²) in [5.74, 6) is -2.36. The van der Waals surface area contributed by atoms with E-state index in [1.807, 2.05) is 0 Å². The first-order valence-corrected chi connectivity index (χ1v) is 6.94. The van der Waals surface area contributed by atoms with Gasteiger partial charge in [-0.3, -0.25) is 9.59 Å². The Bertz CT molecular complexity index is 557. The molecule has 2 N–H and O–H groups in total. The first kappa shape index (κ1) is 18.6. The molecule has 0 bridgehead atoms. The lowest BCUT2D eigenvalue weighted by molar-refractivity contribution is -0.139. The van der Waals surface area contributed by atoms with Crippen LogP contribution in [0.5, 0.6) is 0 Å². The highest BCUT2D eigenvalue weighted by molar-refractivity contribution is 6.40. The smallest absolute Gasteiger partial charge is 0.340 e. The number of amides is 2. The summed E-state index contributed by atoms with van der Waals surface area (Å²) in [5, 5.41) is 4.74.